The molecule has 0 saturated heterocycles. The Bertz CT molecular complexity index is 1190. The standard InChI is InChI=1S/C62H113NO5/c1-3-5-7-9-11-13-14-15-16-26-30-33-36-40-44-48-52-56-62(67)68-57-53-49-45-41-37-34-31-28-25-23-21-19-17-18-20-22-24-27-29-32-35-39-43-47-51-55-61(66)63-59(58-64)60(65)54-50-46-42-38-12-10-8-6-4-2/h11,13,15-16,18-21,50,54,59-60,64-65H,3-10,12,14,17,22-49,51-53,55-58H2,1-2H3,(H,63,66)/b13-11-,16-15-,20-18-,21-19-,54-50+. The van der Waals surface area contributed by atoms with Crippen LogP contribution in [-0.2, 0) is 14.3 Å². The first kappa shape index (κ1) is 65.6. The lowest BCUT2D eigenvalue weighted by Gasteiger charge is -2.20. The molecule has 3 N–H and O–H groups in total. The minimum atomic E-state index is -0.847. The molecule has 0 bridgehead atoms. The summed E-state index contributed by atoms with van der Waals surface area (Å²) in [6.45, 7) is 4.84. The number of ether oxygens (including phenoxy) is 1. The first-order chi connectivity index (χ1) is 33.5. The Kier molecular flexibility index (Phi) is 55.1. The maximum absolute atomic E-state index is 12.4. The van der Waals surface area contributed by atoms with E-state index in [1.54, 1.807) is 6.08 Å². The normalized spacial score (nSPS) is 13.1. The molecule has 1 amide bonds. The lowest BCUT2D eigenvalue weighted by molar-refractivity contribution is -0.143. The van der Waals surface area contributed by atoms with Gasteiger partial charge in [-0.2, -0.15) is 0 Å². The molecule has 0 aromatic carbocycles. The van der Waals surface area contributed by atoms with Crippen LogP contribution < -0.4 is 5.32 Å². The van der Waals surface area contributed by atoms with E-state index in [4.69, 9.17) is 4.74 Å². The van der Waals surface area contributed by atoms with E-state index in [2.05, 4.69) is 67.8 Å². The summed E-state index contributed by atoms with van der Waals surface area (Å²) in [5, 5.41) is 22.9. The van der Waals surface area contributed by atoms with Crippen molar-refractivity contribution in [1.82, 2.24) is 5.32 Å². The van der Waals surface area contributed by atoms with Gasteiger partial charge in [-0.3, -0.25) is 9.59 Å². The van der Waals surface area contributed by atoms with Crippen LogP contribution in [0.3, 0.4) is 0 Å². The van der Waals surface area contributed by atoms with Crippen molar-refractivity contribution < 1.29 is 24.5 Å². The third-order valence-corrected chi connectivity index (χ3v) is 13.3. The van der Waals surface area contributed by atoms with Crippen molar-refractivity contribution in [1.29, 1.82) is 0 Å². The van der Waals surface area contributed by atoms with Gasteiger partial charge in [0.2, 0.25) is 5.91 Å². The topological polar surface area (TPSA) is 95.9 Å². The molecule has 396 valence electrons. The Morgan fingerprint density at radius 1 is 0.412 bits per heavy atom. The Labute approximate surface area is 422 Å². The van der Waals surface area contributed by atoms with E-state index in [1.165, 1.54) is 205 Å². The molecule has 0 heterocycles. The molecular formula is C62H113NO5. The summed E-state index contributed by atoms with van der Waals surface area (Å²) in [5.74, 6) is -0.0780. The van der Waals surface area contributed by atoms with Crippen molar-refractivity contribution in [2.75, 3.05) is 13.2 Å². The monoisotopic (exact) mass is 952 g/mol. The lowest BCUT2D eigenvalue weighted by atomic mass is 10.0. The zero-order valence-corrected chi connectivity index (χ0v) is 45.1. The molecule has 2 atom stereocenters. The van der Waals surface area contributed by atoms with E-state index in [0.29, 0.717) is 19.4 Å². The van der Waals surface area contributed by atoms with E-state index in [9.17, 15) is 19.8 Å². The van der Waals surface area contributed by atoms with Gasteiger partial charge in [-0.05, 0) is 96.3 Å². The maximum atomic E-state index is 12.4. The van der Waals surface area contributed by atoms with Crippen molar-refractivity contribution in [2.24, 2.45) is 0 Å². The molecule has 0 rings (SSSR count). The van der Waals surface area contributed by atoms with Crippen LogP contribution in [0, 0.1) is 0 Å². The third kappa shape index (κ3) is 52.9. The van der Waals surface area contributed by atoms with Crippen LogP contribution in [0.25, 0.3) is 0 Å². The van der Waals surface area contributed by atoms with Gasteiger partial charge in [0, 0.05) is 12.8 Å². The fourth-order valence-corrected chi connectivity index (χ4v) is 8.69. The number of nitrogens with one attached hydrogen (secondary N) is 1. The Balaban J connectivity index is 3.43. The van der Waals surface area contributed by atoms with Crippen molar-refractivity contribution in [2.45, 2.75) is 309 Å². The number of unbranched alkanes of at least 4 members (excludes halogenated alkanes) is 35. The van der Waals surface area contributed by atoms with Crippen LogP contribution in [-0.4, -0.2) is 47.4 Å². The van der Waals surface area contributed by atoms with E-state index in [0.717, 1.165) is 64.2 Å². The second-order valence-corrected chi connectivity index (χ2v) is 20.0. The van der Waals surface area contributed by atoms with Crippen LogP contribution in [0.1, 0.15) is 296 Å². The molecular weight excluding hydrogens is 839 g/mol. The zero-order chi connectivity index (χ0) is 49.3. The molecule has 0 aliphatic heterocycles. The number of carbonyl (C=O) groups excluding carboxylic acids is 2. The van der Waals surface area contributed by atoms with E-state index in [1.807, 2.05) is 6.08 Å². The molecule has 0 fully saturated rings. The molecule has 2 unspecified atom stereocenters. The summed E-state index contributed by atoms with van der Waals surface area (Å²) >= 11 is 0. The largest absolute Gasteiger partial charge is 0.466 e. The molecule has 0 spiro atoms. The summed E-state index contributed by atoms with van der Waals surface area (Å²) in [5.41, 5.74) is 0. The van der Waals surface area contributed by atoms with Crippen molar-refractivity contribution >= 4 is 11.9 Å². The van der Waals surface area contributed by atoms with Crippen LogP contribution >= 0.6 is 0 Å². The number of amides is 1. The van der Waals surface area contributed by atoms with Gasteiger partial charge in [-0.25, -0.2) is 0 Å². The summed E-state index contributed by atoms with van der Waals surface area (Å²) in [6.07, 6.45) is 74.0. The average Bonchev–Trinajstić information content (AvgIpc) is 3.34. The van der Waals surface area contributed by atoms with Crippen LogP contribution in [0.5, 0.6) is 0 Å². The van der Waals surface area contributed by atoms with Gasteiger partial charge in [-0.15, -0.1) is 0 Å². The molecule has 0 aromatic heterocycles. The molecule has 0 aromatic rings. The van der Waals surface area contributed by atoms with Gasteiger partial charge in [0.05, 0.1) is 25.4 Å². The number of esters is 1. The quantitative estimate of drug-likeness (QED) is 0.0321. The number of aliphatic hydroxyl groups excluding tert-OH is 2. The number of hydrogen-bond donors (Lipinski definition) is 3. The summed E-state index contributed by atoms with van der Waals surface area (Å²) < 4.78 is 5.48. The van der Waals surface area contributed by atoms with Gasteiger partial charge in [-0.1, -0.05) is 248 Å². The van der Waals surface area contributed by atoms with E-state index >= 15 is 0 Å². The molecule has 6 heteroatoms. The maximum Gasteiger partial charge on any atom is 0.305 e. The Hall–Kier alpha value is -2.44. The SMILES string of the molecule is CCCCC/C=C\C/C=C\CCCCCCCCCC(=O)OCCCCCCCCCCC/C=C\C/C=C\CCCCCCCCCCCC(=O)NC(CO)C(O)/C=C/CCCCCCCCC. The van der Waals surface area contributed by atoms with E-state index in [-0.39, 0.29) is 18.5 Å². The lowest BCUT2D eigenvalue weighted by Crippen LogP contribution is -2.45. The zero-order valence-electron chi connectivity index (χ0n) is 45.1. The smallest absolute Gasteiger partial charge is 0.305 e. The van der Waals surface area contributed by atoms with Gasteiger partial charge >= 0.3 is 5.97 Å². The highest BCUT2D eigenvalue weighted by molar-refractivity contribution is 5.76. The van der Waals surface area contributed by atoms with Gasteiger partial charge in [0.25, 0.3) is 0 Å². The predicted octanol–water partition coefficient (Wildman–Crippen LogP) is 18.4. The van der Waals surface area contributed by atoms with E-state index < -0.39 is 12.1 Å². The molecule has 0 aliphatic carbocycles. The molecule has 0 radical (unpaired) electrons. The summed E-state index contributed by atoms with van der Waals surface area (Å²) in [4.78, 5) is 24.4. The summed E-state index contributed by atoms with van der Waals surface area (Å²) in [7, 11) is 0. The number of rotatable bonds is 54. The number of carbonyl (C=O) groups is 2. The molecule has 6 nitrogen and oxygen atoms in total. The highest BCUT2D eigenvalue weighted by Crippen LogP contribution is 2.15. The molecule has 0 saturated carbocycles. The molecule has 68 heavy (non-hydrogen) atoms. The number of aliphatic hydroxyl groups is 2. The van der Waals surface area contributed by atoms with Crippen LogP contribution in [0.15, 0.2) is 60.8 Å². The van der Waals surface area contributed by atoms with Gasteiger partial charge in [0.1, 0.15) is 0 Å². The van der Waals surface area contributed by atoms with Gasteiger partial charge in [0.15, 0.2) is 0 Å². The van der Waals surface area contributed by atoms with Gasteiger partial charge < -0.3 is 20.3 Å². The predicted molar refractivity (Wildman–Crippen MR) is 296 cm³/mol. The van der Waals surface area contributed by atoms with Crippen molar-refractivity contribution in [3.8, 4) is 0 Å². The highest BCUT2D eigenvalue weighted by atomic mass is 16.5. The minimum Gasteiger partial charge on any atom is -0.466 e. The third-order valence-electron chi connectivity index (χ3n) is 13.3. The number of allylic oxidation sites excluding steroid dienone is 9. The highest BCUT2D eigenvalue weighted by Gasteiger charge is 2.18. The summed E-state index contributed by atoms with van der Waals surface area (Å²) in [6, 6.07) is -0.631. The number of hydrogen-bond acceptors (Lipinski definition) is 5. The Morgan fingerprint density at radius 2 is 0.735 bits per heavy atom. The second kappa shape index (κ2) is 57.1. The first-order valence-electron chi connectivity index (χ1n) is 29.6. The first-order valence-corrected chi connectivity index (χ1v) is 29.6. The fraction of sp³-hybridized carbons (Fsp3) is 0.806. The van der Waals surface area contributed by atoms with Crippen LogP contribution in [0.4, 0.5) is 0 Å². The molecule has 0 aliphatic rings. The van der Waals surface area contributed by atoms with Crippen molar-refractivity contribution in [3.05, 3.63) is 60.8 Å². The van der Waals surface area contributed by atoms with Crippen molar-refractivity contribution in [3.63, 3.8) is 0 Å². The second-order valence-electron chi connectivity index (χ2n) is 20.0. The van der Waals surface area contributed by atoms with Crippen LogP contribution in [0.2, 0.25) is 0 Å². The average molecular weight is 953 g/mol. The fourth-order valence-electron chi connectivity index (χ4n) is 8.69. The Morgan fingerprint density at radius 3 is 1.15 bits per heavy atom. The minimum absolute atomic E-state index is 0.000139.